The molecule has 1 aromatic heterocycles. The van der Waals surface area contributed by atoms with Crippen LogP contribution in [0.3, 0.4) is 0 Å². The molecule has 2 aromatic rings. The van der Waals surface area contributed by atoms with Crippen LogP contribution in [0.2, 0.25) is 0 Å². The quantitative estimate of drug-likeness (QED) is 0.920. The van der Waals surface area contributed by atoms with Gasteiger partial charge in [0.1, 0.15) is 11.6 Å². The smallest absolute Gasteiger partial charge is 0.233 e. The lowest BCUT2D eigenvalue weighted by molar-refractivity contribution is 0.457. The predicted octanol–water partition coefficient (Wildman–Crippen LogP) is 3.67. The number of hydrogen-bond donors (Lipinski definition) is 1. The van der Waals surface area contributed by atoms with Gasteiger partial charge in [-0.15, -0.1) is 0 Å². The van der Waals surface area contributed by atoms with Gasteiger partial charge in [0.15, 0.2) is 0 Å². The Kier molecular flexibility index (Phi) is 3.28. The van der Waals surface area contributed by atoms with E-state index >= 15 is 0 Å². The fourth-order valence-electron chi connectivity index (χ4n) is 1.25. The van der Waals surface area contributed by atoms with Crippen LogP contribution in [-0.2, 0) is 0 Å². The normalized spacial score (nSPS) is 10.3. The van der Waals surface area contributed by atoms with Gasteiger partial charge in [0.25, 0.3) is 0 Å². The SMILES string of the molecule is Cc1c(N)cnc(Oc2ccc(F)cc2)c1Br. The number of ether oxygens (including phenoxy) is 1. The van der Waals surface area contributed by atoms with Gasteiger partial charge in [-0.3, -0.25) is 0 Å². The van der Waals surface area contributed by atoms with Crippen LogP contribution in [0.4, 0.5) is 10.1 Å². The van der Waals surface area contributed by atoms with Gasteiger partial charge in [0.05, 0.1) is 16.4 Å². The largest absolute Gasteiger partial charge is 0.438 e. The van der Waals surface area contributed by atoms with Crippen molar-refractivity contribution in [3.8, 4) is 11.6 Å². The van der Waals surface area contributed by atoms with Crippen LogP contribution in [0.1, 0.15) is 5.56 Å². The Bertz CT molecular complexity index is 543. The molecule has 1 heterocycles. The highest BCUT2D eigenvalue weighted by molar-refractivity contribution is 9.10. The van der Waals surface area contributed by atoms with E-state index in [2.05, 4.69) is 20.9 Å². The zero-order chi connectivity index (χ0) is 12.4. The maximum absolute atomic E-state index is 12.7. The second-order valence-corrected chi connectivity index (χ2v) is 4.31. The number of pyridine rings is 1. The number of nitrogen functional groups attached to an aromatic ring is 1. The molecule has 0 spiro atoms. The first-order valence-electron chi connectivity index (χ1n) is 4.92. The fraction of sp³-hybridized carbons (Fsp3) is 0.0833. The second kappa shape index (κ2) is 4.71. The van der Waals surface area contributed by atoms with Crippen molar-refractivity contribution >= 4 is 21.6 Å². The number of nitrogens with two attached hydrogens (primary N) is 1. The summed E-state index contributed by atoms with van der Waals surface area (Å²) >= 11 is 3.36. The minimum absolute atomic E-state index is 0.308. The van der Waals surface area contributed by atoms with E-state index in [0.29, 0.717) is 21.8 Å². The van der Waals surface area contributed by atoms with Gasteiger partial charge in [0.2, 0.25) is 5.88 Å². The molecule has 17 heavy (non-hydrogen) atoms. The number of nitrogens with zero attached hydrogens (tertiary/aromatic N) is 1. The van der Waals surface area contributed by atoms with Crippen molar-refractivity contribution in [2.75, 3.05) is 5.73 Å². The summed E-state index contributed by atoms with van der Waals surface area (Å²) in [6.45, 7) is 1.86. The molecule has 0 radical (unpaired) electrons. The molecule has 2 N–H and O–H groups in total. The minimum Gasteiger partial charge on any atom is -0.438 e. The van der Waals surface area contributed by atoms with Gasteiger partial charge in [0, 0.05) is 0 Å². The molecule has 0 unspecified atom stereocenters. The van der Waals surface area contributed by atoms with Gasteiger partial charge in [-0.05, 0) is 52.7 Å². The summed E-state index contributed by atoms with van der Waals surface area (Å²) in [6.07, 6.45) is 1.53. The highest BCUT2D eigenvalue weighted by atomic mass is 79.9. The summed E-state index contributed by atoms with van der Waals surface area (Å²) in [5, 5.41) is 0. The van der Waals surface area contributed by atoms with E-state index in [1.54, 1.807) is 0 Å². The Labute approximate surface area is 107 Å². The van der Waals surface area contributed by atoms with Gasteiger partial charge in [-0.2, -0.15) is 0 Å². The van der Waals surface area contributed by atoms with E-state index in [-0.39, 0.29) is 5.82 Å². The summed E-state index contributed by atoms with van der Waals surface area (Å²) in [5.41, 5.74) is 7.15. The van der Waals surface area contributed by atoms with Crippen LogP contribution in [0.15, 0.2) is 34.9 Å². The third kappa shape index (κ3) is 2.55. The summed E-state index contributed by atoms with van der Waals surface area (Å²) < 4.78 is 18.9. The number of hydrogen-bond acceptors (Lipinski definition) is 3. The molecule has 88 valence electrons. The van der Waals surface area contributed by atoms with E-state index in [1.165, 1.54) is 30.5 Å². The summed E-state index contributed by atoms with van der Waals surface area (Å²) in [7, 11) is 0. The number of benzene rings is 1. The van der Waals surface area contributed by atoms with E-state index in [1.807, 2.05) is 6.92 Å². The van der Waals surface area contributed by atoms with Crippen molar-refractivity contribution in [2.45, 2.75) is 6.92 Å². The molecule has 0 aliphatic rings. The van der Waals surface area contributed by atoms with Gasteiger partial charge >= 0.3 is 0 Å². The fourth-order valence-corrected chi connectivity index (χ4v) is 1.67. The zero-order valence-corrected chi connectivity index (χ0v) is 10.7. The molecule has 3 nitrogen and oxygen atoms in total. The maximum atomic E-state index is 12.7. The first-order valence-corrected chi connectivity index (χ1v) is 5.71. The summed E-state index contributed by atoms with van der Waals surface area (Å²) in [5.74, 6) is 0.616. The van der Waals surface area contributed by atoms with E-state index < -0.39 is 0 Å². The molecular formula is C12H10BrFN2O. The first-order chi connectivity index (χ1) is 8.08. The van der Waals surface area contributed by atoms with Crippen molar-refractivity contribution in [2.24, 2.45) is 0 Å². The molecule has 0 fully saturated rings. The minimum atomic E-state index is -0.308. The molecule has 5 heteroatoms. The lowest BCUT2D eigenvalue weighted by Gasteiger charge is -2.09. The van der Waals surface area contributed by atoms with Crippen molar-refractivity contribution in [1.82, 2.24) is 4.98 Å². The second-order valence-electron chi connectivity index (χ2n) is 3.51. The monoisotopic (exact) mass is 296 g/mol. The molecule has 0 amide bonds. The van der Waals surface area contributed by atoms with Crippen LogP contribution < -0.4 is 10.5 Å². The number of anilines is 1. The van der Waals surface area contributed by atoms with Crippen molar-refractivity contribution < 1.29 is 9.13 Å². The van der Waals surface area contributed by atoms with E-state index in [9.17, 15) is 4.39 Å². The zero-order valence-electron chi connectivity index (χ0n) is 9.08. The van der Waals surface area contributed by atoms with Crippen LogP contribution in [-0.4, -0.2) is 4.98 Å². The van der Waals surface area contributed by atoms with Crippen LogP contribution in [0.5, 0.6) is 11.6 Å². The standard InChI is InChI=1S/C12H10BrFN2O/c1-7-10(15)6-16-12(11(7)13)17-9-4-2-8(14)3-5-9/h2-6H,15H2,1H3. The highest BCUT2D eigenvalue weighted by Gasteiger charge is 2.09. The molecule has 0 atom stereocenters. The summed E-state index contributed by atoms with van der Waals surface area (Å²) in [4.78, 5) is 4.07. The first kappa shape index (κ1) is 11.9. The average molecular weight is 297 g/mol. The Morgan fingerprint density at radius 3 is 2.59 bits per heavy atom. The molecule has 0 saturated carbocycles. The van der Waals surface area contributed by atoms with Crippen LogP contribution >= 0.6 is 15.9 Å². The van der Waals surface area contributed by atoms with Gasteiger partial charge in [-0.25, -0.2) is 9.37 Å². The molecule has 0 saturated heterocycles. The molecule has 1 aromatic carbocycles. The Morgan fingerprint density at radius 2 is 1.94 bits per heavy atom. The van der Waals surface area contributed by atoms with Crippen LogP contribution in [0, 0.1) is 12.7 Å². The lowest BCUT2D eigenvalue weighted by atomic mass is 10.2. The van der Waals surface area contributed by atoms with Crippen molar-refractivity contribution in [1.29, 1.82) is 0 Å². The third-order valence-corrected chi connectivity index (χ3v) is 3.23. The van der Waals surface area contributed by atoms with Crippen molar-refractivity contribution in [3.05, 3.63) is 46.3 Å². The summed E-state index contributed by atoms with van der Waals surface area (Å²) in [6, 6.07) is 5.73. The molecule has 0 aliphatic heterocycles. The van der Waals surface area contributed by atoms with E-state index in [0.717, 1.165) is 5.56 Å². The Morgan fingerprint density at radius 1 is 1.29 bits per heavy atom. The average Bonchev–Trinajstić information content (AvgIpc) is 2.33. The number of halogens is 2. The molecule has 2 rings (SSSR count). The number of rotatable bonds is 2. The Balaban J connectivity index is 2.30. The van der Waals surface area contributed by atoms with Gasteiger partial charge < -0.3 is 10.5 Å². The van der Waals surface area contributed by atoms with Crippen LogP contribution in [0.25, 0.3) is 0 Å². The highest BCUT2D eigenvalue weighted by Crippen LogP contribution is 2.32. The maximum Gasteiger partial charge on any atom is 0.233 e. The third-order valence-electron chi connectivity index (χ3n) is 2.30. The van der Waals surface area contributed by atoms with E-state index in [4.69, 9.17) is 10.5 Å². The Hall–Kier alpha value is -1.62. The predicted molar refractivity (Wildman–Crippen MR) is 67.6 cm³/mol. The van der Waals surface area contributed by atoms with Gasteiger partial charge in [-0.1, -0.05) is 0 Å². The number of aromatic nitrogens is 1. The molecule has 0 aliphatic carbocycles. The lowest BCUT2D eigenvalue weighted by Crippen LogP contribution is -1.96. The topological polar surface area (TPSA) is 48.1 Å². The molecular weight excluding hydrogens is 287 g/mol. The molecule has 0 bridgehead atoms. The van der Waals surface area contributed by atoms with Crippen molar-refractivity contribution in [3.63, 3.8) is 0 Å².